The molecule has 0 aliphatic carbocycles. The minimum Gasteiger partial charge on any atom is -0.294 e. The molecule has 0 radical (unpaired) electrons. The van der Waals surface area contributed by atoms with Crippen molar-refractivity contribution in [1.82, 2.24) is 14.8 Å². The van der Waals surface area contributed by atoms with E-state index in [-0.39, 0.29) is 18.0 Å². The highest BCUT2D eigenvalue weighted by molar-refractivity contribution is 7.20. The number of fused-ring (bicyclic) bond motifs is 1. The number of aromatic nitrogens is 3. The molecule has 0 bridgehead atoms. The molecule has 0 saturated heterocycles. The van der Waals surface area contributed by atoms with Gasteiger partial charge < -0.3 is 0 Å². The van der Waals surface area contributed by atoms with E-state index < -0.39 is 0 Å². The molecular formula is C15H13N3O2S. The molecule has 0 amide bonds. The van der Waals surface area contributed by atoms with Gasteiger partial charge in [-0.2, -0.15) is 5.10 Å². The smallest absolute Gasteiger partial charge is 0.199 e. The van der Waals surface area contributed by atoms with Gasteiger partial charge in [0.2, 0.25) is 0 Å². The minimum absolute atomic E-state index is 0.174. The summed E-state index contributed by atoms with van der Waals surface area (Å²) >= 11 is 1.32. The van der Waals surface area contributed by atoms with Gasteiger partial charge >= 0.3 is 0 Å². The van der Waals surface area contributed by atoms with Gasteiger partial charge in [0.25, 0.3) is 0 Å². The summed E-state index contributed by atoms with van der Waals surface area (Å²) in [5, 5.41) is 4.50. The van der Waals surface area contributed by atoms with E-state index in [0.717, 1.165) is 10.2 Å². The highest BCUT2D eigenvalue weighted by atomic mass is 32.1. The van der Waals surface area contributed by atoms with E-state index in [1.165, 1.54) is 11.3 Å². The van der Waals surface area contributed by atoms with Crippen LogP contribution in [0, 0.1) is 6.92 Å². The van der Waals surface area contributed by atoms with E-state index in [1.807, 2.05) is 24.3 Å². The molecule has 3 aromatic rings. The Kier molecular flexibility index (Phi) is 3.39. The molecule has 2 aromatic heterocycles. The number of benzene rings is 1. The fraction of sp³-hybridized carbons (Fsp3) is 0.200. The Labute approximate surface area is 125 Å². The largest absolute Gasteiger partial charge is 0.294 e. The molecule has 2 heterocycles. The lowest BCUT2D eigenvalue weighted by Gasteiger charge is -1.96. The van der Waals surface area contributed by atoms with Crippen LogP contribution in [0.1, 0.15) is 32.3 Å². The van der Waals surface area contributed by atoms with Crippen LogP contribution >= 0.6 is 11.3 Å². The molecule has 0 aliphatic heterocycles. The normalized spacial score (nSPS) is 11.0. The van der Waals surface area contributed by atoms with Crippen LogP contribution in [0.4, 0.5) is 0 Å². The van der Waals surface area contributed by atoms with Crippen molar-refractivity contribution in [2.75, 3.05) is 0 Å². The molecule has 106 valence electrons. The average molecular weight is 299 g/mol. The number of hydrogen-bond donors (Lipinski definition) is 0. The van der Waals surface area contributed by atoms with E-state index in [0.29, 0.717) is 16.3 Å². The first-order valence-corrected chi connectivity index (χ1v) is 7.28. The van der Waals surface area contributed by atoms with Crippen LogP contribution in [0.15, 0.2) is 30.5 Å². The summed E-state index contributed by atoms with van der Waals surface area (Å²) in [6, 6.07) is 7.55. The number of ketones is 2. The minimum atomic E-state index is -0.246. The third-order valence-electron chi connectivity index (χ3n) is 3.17. The van der Waals surface area contributed by atoms with E-state index in [9.17, 15) is 9.59 Å². The monoisotopic (exact) mass is 299 g/mol. The second kappa shape index (κ2) is 5.21. The summed E-state index contributed by atoms with van der Waals surface area (Å²) in [5.74, 6) is -0.464. The zero-order valence-corrected chi connectivity index (χ0v) is 12.5. The van der Waals surface area contributed by atoms with E-state index in [1.54, 1.807) is 24.9 Å². The molecule has 0 atom stereocenters. The molecule has 5 nitrogen and oxygen atoms in total. The lowest BCUT2D eigenvalue weighted by atomic mass is 10.1. The van der Waals surface area contributed by atoms with Gasteiger partial charge in [-0.15, -0.1) is 11.3 Å². The van der Waals surface area contributed by atoms with Gasteiger partial charge in [0.15, 0.2) is 16.6 Å². The van der Waals surface area contributed by atoms with Crippen molar-refractivity contribution in [3.63, 3.8) is 0 Å². The molecule has 3 rings (SSSR count). The van der Waals surface area contributed by atoms with Gasteiger partial charge in [-0.3, -0.25) is 14.3 Å². The van der Waals surface area contributed by atoms with Crippen LogP contribution in [-0.4, -0.2) is 26.3 Å². The maximum absolute atomic E-state index is 12.2. The molecule has 0 unspecified atom stereocenters. The van der Waals surface area contributed by atoms with Crippen LogP contribution in [0.2, 0.25) is 0 Å². The topological polar surface area (TPSA) is 64.8 Å². The maximum Gasteiger partial charge on any atom is 0.199 e. The van der Waals surface area contributed by atoms with Crippen molar-refractivity contribution in [3.05, 3.63) is 46.7 Å². The van der Waals surface area contributed by atoms with Crippen LogP contribution in [-0.2, 0) is 7.05 Å². The zero-order chi connectivity index (χ0) is 15.0. The van der Waals surface area contributed by atoms with Crippen molar-refractivity contribution in [2.45, 2.75) is 13.3 Å². The number of nitrogens with zero attached hydrogens (tertiary/aromatic N) is 3. The zero-order valence-electron chi connectivity index (χ0n) is 11.7. The Morgan fingerprint density at radius 3 is 2.67 bits per heavy atom. The average Bonchev–Trinajstić information content (AvgIpc) is 3.01. The van der Waals surface area contributed by atoms with Crippen molar-refractivity contribution < 1.29 is 9.59 Å². The molecule has 1 aromatic carbocycles. The van der Waals surface area contributed by atoms with E-state index >= 15 is 0 Å². The van der Waals surface area contributed by atoms with Gasteiger partial charge in [0.05, 0.1) is 27.9 Å². The number of hydrogen-bond acceptors (Lipinski definition) is 5. The Hall–Kier alpha value is -2.34. The highest BCUT2D eigenvalue weighted by Crippen LogP contribution is 2.23. The van der Waals surface area contributed by atoms with Gasteiger partial charge in [-0.1, -0.05) is 12.1 Å². The fourth-order valence-corrected chi connectivity index (χ4v) is 3.08. The van der Waals surface area contributed by atoms with Crippen LogP contribution < -0.4 is 0 Å². The number of aryl methyl sites for hydroxylation is 2. The molecule has 6 heteroatoms. The fourth-order valence-electron chi connectivity index (χ4n) is 2.18. The molecule has 0 fully saturated rings. The first-order valence-electron chi connectivity index (χ1n) is 6.47. The Bertz CT molecular complexity index is 815. The number of carbonyl (C=O) groups is 2. The van der Waals surface area contributed by atoms with Crippen molar-refractivity contribution in [2.24, 2.45) is 7.05 Å². The van der Waals surface area contributed by atoms with Crippen LogP contribution in [0.5, 0.6) is 0 Å². The predicted molar refractivity (Wildman–Crippen MR) is 80.8 cm³/mol. The molecule has 0 N–H and O–H groups in total. The number of Topliss-reactive ketones (excluding diaryl/α,β-unsaturated/α-hetero) is 2. The number of para-hydroxylation sites is 1. The first kappa shape index (κ1) is 13.6. The van der Waals surface area contributed by atoms with Crippen LogP contribution in [0.3, 0.4) is 0 Å². The lowest BCUT2D eigenvalue weighted by molar-refractivity contribution is 0.0894. The first-order chi connectivity index (χ1) is 10.0. The standard InChI is InChI=1S/C15H13N3O2S/c1-9-10(8-18(2)17-9)12(19)7-13(20)15-16-11-5-3-4-6-14(11)21-15/h3-6,8H,7H2,1-2H3. The second-order valence-electron chi connectivity index (χ2n) is 4.81. The highest BCUT2D eigenvalue weighted by Gasteiger charge is 2.20. The third-order valence-corrected chi connectivity index (χ3v) is 4.24. The number of carbonyl (C=O) groups excluding carboxylic acids is 2. The number of thiazole rings is 1. The Morgan fingerprint density at radius 1 is 1.24 bits per heavy atom. The Morgan fingerprint density at radius 2 is 2.00 bits per heavy atom. The summed E-state index contributed by atoms with van der Waals surface area (Å²) < 4.78 is 2.52. The summed E-state index contributed by atoms with van der Waals surface area (Å²) in [7, 11) is 1.75. The Balaban J connectivity index is 1.82. The molecule has 0 aliphatic rings. The van der Waals surface area contributed by atoms with Gasteiger partial charge in [0, 0.05) is 13.2 Å². The van der Waals surface area contributed by atoms with E-state index in [2.05, 4.69) is 10.1 Å². The summed E-state index contributed by atoms with van der Waals surface area (Å²) in [4.78, 5) is 28.7. The van der Waals surface area contributed by atoms with Gasteiger partial charge in [-0.05, 0) is 19.1 Å². The second-order valence-corrected chi connectivity index (χ2v) is 5.84. The summed E-state index contributed by atoms with van der Waals surface area (Å²) in [6.07, 6.45) is 1.47. The molecule has 0 spiro atoms. The third kappa shape index (κ3) is 2.62. The lowest BCUT2D eigenvalue weighted by Crippen LogP contribution is -2.08. The molecule has 21 heavy (non-hydrogen) atoms. The van der Waals surface area contributed by atoms with Gasteiger partial charge in [-0.25, -0.2) is 4.98 Å². The van der Waals surface area contributed by atoms with Crippen molar-refractivity contribution >= 4 is 33.1 Å². The van der Waals surface area contributed by atoms with Crippen molar-refractivity contribution in [1.29, 1.82) is 0 Å². The van der Waals surface area contributed by atoms with Crippen molar-refractivity contribution in [3.8, 4) is 0 Å². The molecule has 0 saturated carbocycles. The number of rotatable bonds is 4. The summed E-state index contributed by atoms with van der Waals surface area (Å²) in [6.45, 7) is 1.76. The quantitative estimate of drug-likeness (QED) is 0.549. The van der Waals surface area contributed by atoms with Crippen LogP contribution in [0.25, 0.3) is 10.2 Å². The van der Waals surface area contributed by atoms with E-state index in [4.69, 9.17) is 0 Å². The molecular weight excluding hydrogens is 286 g/mol. The van der Waals surface area contributed by atoms with Gasteiger partial charge in [0.1, 0.15) is 0 Å². The predicted octanol–water partition coefficient (Wildman–Crippen LogP) is 2.79. The SMILES string of the molecule is Cc1nn(C)cc1C(=O)CC(=O)c1nc2ccccc2s1. The maximum atomic E-state index is 12.2. The summed E-state index contributed by atoms with van der Waals surface area (Å²) in [5.41, 5.74) is 1.92.